The number of hydrogen-bond acceptors (Lipinski definition) is 3. The number of hydrogen-bond donors (Lipinski definition) is 0. The Morgan fingerprint density at radius 2 is 1.75 bits per heavy atom. The fraction of sp³-hybridized carbons (Fsp3) is 0.174. The van der Waals surface area contributed by atoms with E-state index in [0.29, 0.717) is 29.8 Å². The van der Waals surface area contributed by atoms with Crippen LogP contribution in [0.1, 0.15) is 11.1 Å². The average molecular weight is 377 g/mol. The van der Waals surface area contributed by atoms with Crippen LogP contribution in [-0.2, 0) is 17.7 Å². The lowest BCUT2D eigenvalue weighted by molar-refractivity contribution is -0.0301. The van der Waals surface area contributed by atoms with E-state index in [1.54, 1.807) is 25.2 Å². The molecule has 0 saturated heterocycles. The first-order chi connectivity index (χ1) is 13.6. The van der Waals surface area contributed by atoms with E-state index in [1.165, 1.54) is 11.0 Å². The van der Waals surface area contributed by atoms with Gasteiger partial charge in [0.05, 0.1) is 6.42 Å². The number of fused-ring (bicyclic) bond motifs is 1. The van der Waals surface area contributed by atoms with Crippen molar-refractivity contribution in [1.82, 2.24) is 4.90 Å². The normalized spacial score (nSPS) is 14.9. The Balaban J connectivity index is 1.46. The molecular weight excluding hydrogens is 357 g/mol. The van der Waals surface area contributed by atoms with Gasteiger partial charge in [0.2, 0.25) is 6.29 Å². The number of carbonyl (C=O) groups is 1. The van der Waals surface area contributed by atoms with Crippen molar-refractivity contribution in [3.8, 4) is 16.9 Å². The van der Waals surface area contributed by atoms with Gasteiger partial charge in [-0.2, -0.15) is 0 Å². The molecule has 1 heterocycles. The minimum absolute atomic E-state index is 0.317. The summed E-state index contributed by atoms with van der Waals surface area (Å²) >= 11 is 0. The van der Waals surface area contributed by atoms with Gasteiger partial charge in [0.25, 0.3) is 0 Å². The highest BCUT2D eigenvalue weighted by Gasteiger charge is 2.30. The second-order valence-corrected chi connectivity index (χ2v) is 6.75. The molecule has 142 valence electrons. The Bertz CT molecular complexity index is 990. The number of rotatable bonds is 4. The molecule has 1 atom stereocenters. The summed E-state index contributed by atoms with van der Waals surface area (Å²) < 4.78 is 25.6. The van der Waals surface area contributed by atoms with Crippen molar-refractivity contribution in [2.24, 2.45) is 0 Å². The van der Waals surface area contributed by atoms with Crippen molar-refractivity contribution in [3.05, 3.63) is 89.7 Å². The van der Waals surface area contributed by atoms with Gasteiger partial charge in [0.1, 0.15) is 11.6 Å². The number of benzene rings is 3. The summed E-state index contributed by atoms with van der Waals surface area (Å²) in [5, 5.41) is 0. The number of amides is 1. The van der Waals surface area contributed by atoms with Crippen LogP contribution >= 0.6 is 0 Å². The maximum absolute atomic E-state index is 14.2. The van der Waals surface area contributed by atoms with Crippen LogP contribution in [0.5, 0.6) is 5.75 Å². The highest BCUT2D eigenvalue weighted by Crippen LogP contribution is 2.39. The largest absolute Gasteiger partial charge is 0.453 e. The monoisotopic (exact) mass is 377 g/mol. The second kappa shape index (κ2) is 7.72. The predicted octanol–water partition coefficient (Wildman–Crippen LogP) is 5.02. The van der Waals surface area contributed by atoms with Crippen LogP contribution in [0.15, 0.2) is 72.8 Å². The van der Waals surface area contributed by atoms with Crippen LogP contribution < -0.4 is 4.74 Å². The summed E-state index contributed by atoms with van der Waals surface area (Å²) in [7, 11) is 1.68. The van der Waals surface area contributed by atoms with E-state index >= 15 is 0 Å². The molecule has 0 aliphatic carbocycles. The lowest BCUT2D eigenvalue weighted by Crippen LogP contribution is -2.32. The first-order valence-corrected chi connectivity index (χ1v) is 9.11. The Kier molecular flexibility index (Phi) is 4.98. The van der Waals surface area contributed by atoms with Gasteiger partial charge >= 0.3 is 6.09 Å². The van der Waals surface area contributed by atoms with Gasteiger partial charge in [0.15, 0.2) is 0 Å². The molecule has 5 heteroatoms. The lowest BCUT2D eigenvalue weighted by Gasteiger charge is -2.20. The predicted molar refractivity (Wildman–Crippen MR) is 104 cm³/mol. The Morgan fingerprint density at radius 3 is 2.54 bits per heavy atom. The van der Waals surface area contributed by atoms with E-state index in [9.17, 15) is 9.18 Å². The third kappa shape index (κ3) is 3.69. The molecule has 0 fully saturated rings. The lowest BCUT2D eigenvalue weighted by atomic mass is 10.0. The highest BCUT2D eigenvalue weighted by molar-refractivity contribution is 5.74. The van der Waals surface area contributed by atoms with E-state index in [4.69, 9.17) is 9.47 Å². The standard InChI is InChI=1S/C23H20FNO3/c1-25(15-16-8-3-2-4-9-16)23(26)28-21-14-17-10-7-12-19(22(17)27-21)18-11-5-6-13-20(18)24/h2-13,21H,14-15H2,1H3. The summed E-state index contributed by atoms with van der Waals surface area (Å²) in [5.41, 5.74) is 3.03. The van der Waals surface area contributed by atoms with Crippen LogP contribution in [0.4, 0.5) is 9.18 Å². The molecule has 1 amide bonds. The van der Waals surface area contributed by atoms with Crippen LogP contribution in [0.2, 0.25) is 0 Å². The number of para-hydroxylation sites is 1. The van der Waals surface area contributed by atoms with Gasteiger partial charge in [-0.15, -0.1) is 0 Å². The summed E-state index contributed by atoms with van der Waals surface area (Å²) in [6.07, 6.45) is -0.759. The molecule has 0 saturated carbocycles. The minimum Gasteiger partial charge on any atom is -0.453 e. The van der Waals surface area contributed by atoms with Crippen molar-refractivity contribution in [1.29, 1.82) is 0 Å². The minimum atomic E-state index is -0.728. The van der Waals surface area contributed by atoms with E-state index in [0.717, 1.165) is 11.1 Å². The molecule has 3 aromatic rings. The maximum Gasteiger partial charge on any atom is 0.412 e. The molecule has 0 bridgehead atoms. The zero-order chi connectivity index (χ0) is 19.5. The number of ether oxygens (including phenoxy) is 2. The van der Waals surface area contributed by atoms with Crippen molar-refractivity contribution < 1.29 is 18.7 Å². The van der Waals surface area contributed by atoms with Crippen LogP contribution in [-0.4, -0.2) is 24.3 Å². The van der Waals surface area contributed by atoms with E-state index < -0.39 is 12.4 Å². The SMILES string of the molecule is CN(Cc1ccccc1)C(=O)OC1Cc2cccc(-c3ccccc3F)c2O1. The Labute approximate surface area is 163 Å². The van der Waals surface area contributed by atoms with Crippen LogP contribution in [0.3, 0.4) is 0 Å². The van der Waals surface area contributed by atoms with Crippen molar-refractivity contribution in [3.63, 3.8) is 0 Å². The zero-order valence-electron chi connectivity index (χ0n) is 15.5. The van der Waals surface area contributed by atoms with Gasteiger partial charge in [0, 0.05) is 30.3 Å². The van der Waals surface area contributed by atoms with Gasteiger partial charge in [-0.25, -0.2) is 9.18 Å². The molecule has 28 heavy (non-hydrogen) atoms. The van der Waals surface area contributed by atoms with Gasteiger partial charge in [-0.05, 0) is 11.6 Å². The molecule has 0 spiro atoms. The van der Waals surface area contributed by atoms with Crippen molar-refractivity contribution >= 4 is 6.09 Å². The van der Waals surface area contributed by atoms with Crippen molar-refractivity contribution in [2.75, 3.05) is 7.05 Å². The number of halogens is 1. The molecule has 1 unspecified atom stereocenters. The summed E-state index contributed by atoms with van der Waals surface area (Å²) in [4.78, 5) is 13.9. The van der Waals surface area contributed by atoms with E-state index in [2.05, 4.69) is 0 Å². The second-order valence-electron chi connectivity index (χ2n) is 6.75. The number of nitrogens with zero attached hydrogens (tertiary/aromatic N) is 1. The fourth-order valence-corrected chi connectivity index (χ4v) is 3.32. The molecule has 4 rings (SSSR count). The quantitative estimate of drug-likeness (QED) is 0.641. The van der Waals surface area contributed by atoms with Gasteiger partial charge < -0.3 is 14.4 Å². The fourth-order valence-electron chi connectivity index (χ4n) is 3.32. The summed E-state index contributed by atoms with van der Waals surface area (Å²) in [5.74, 6) is 0.249. The molecule has 4 nitrogen and oxygen atoms in total. The maximum atomic E-state index is 14.2. The Morgan fingerprint density at radius 1 is 1.04 bits per heavy atom. The first kappa shape index (κ1) is 18.0. The highest BCUT2D eigenvalue weighted by atomic mass is 19.1. The number of carbonyl (C=O) groups excluding carboxylic acids is 1. The zero-order valence-corrected chi connectivity index (χ0v) is 15.5. The van der Waals surface area contributed by atoms with Crippen molar-refractivity contribution in [2.45, 2.75) is 19.3 Å². The average Bonchev–Trinajstić information content (AvgIpc) is 3.11. The smallest absolute Gasteiger partial charge is 0.412 e. The van der Waals surface area contributed by atoms with Gasteiger partial charge in [-0.3, -0.25) is 0 Å². The van der Waals surface area contributed by atoms with Crippen LogP contribution in [0.25, 0.3) is 11.1 Å². The molecular formula is C23H20FNO3. The topological polar surface area (TPSA) is 38.8 Å². The summed E-state index contributed by atoms with van der Waals surface area (Å²) in [6, 6.07) is 21.8. The van der Waals surface area contributed by atoms with E-state index in [-0.39, 0.29) is 5.82 Å². The molecule has 1 aliphatic rings. The molecule has 0 aromatic heterocycles. The summed E-state index contributed by atoms with van der Waals surface area (Å²) in [6.45, 7) is 0.444. The van der Waals surface area contributed by atoms with E-state index in [1.807, 2.05) is 48.5 Å². The molecule has 0 N–H and O–H groups in total. The first-order valence-electron chi connectivity index (χ1n) is 9.11. The molecule has 1 aliphatic heterocycles. The molecule has 0 radical (unpaired) electrons. The third-order valence-electron chi connectivity index (χ3n) is 4.70. The third-order valence-corrected chi connectivity index (χ3v) is 4.70. The Hall–Kier alpha value is -3.34. The molecule has 3 aromatic carbocycles. The van der Waals surface area contributed by atoms with Gasteiger partial charge in [-0.1, -0.05) is 66.7 Å². The van der Waals surface area contributed by atoms with Crippen LogP contribution in [0, 0.1) is 5.82 Å².